The third-order valence-corrected chi connectivity index (χ3v) is 4.48. The van der Waals surface area contributed by atoms with Crippen molar-refractivity contribution in [2.75, 3.05) is 6.61 Å². The van der Waals surface area contributed by atoms with Gasteiger partial charge in [0.25, 0.3) is 5.91 Å². The van der Waals surface area contributed by atoms with Gasteiger partial charge in [-0.2, -0.15) is 0 Å². The van der Waals surface area contributed by atoms with Crippen molar-refractivity contribution in [2.24, 2.45) is 0 Å². The van der Waals surface area contributed by atoms with Crippen LogP contribution in [0.1, 0.15) is 35.7 Å². The summed E-state index contributed by atoms with van der Waals surface area (Å²) in [6, 6.07) is 19.0. The summed E-state index contributed by atoms with van der Waals surface area (Å²) in [7, 11) is 0. The maximum Gasteiger partial charge on any atom is 0.361 e. The minimum absolute atomic E-state index is 0.0279. The summed E-state index contributed by atoms with van der Waals surface area (Å²) < 4.78 is 10.8. The minimum atomic E-state index is -0.676. The molecule has 0 saturated heterocycles. The largest absolute Gasteiger partial charge is 0.451 e. The zero-order valence-electron chi connectivity index (χ0n) is 16.8. The minimum Gasteiger partial charge on any atom is -0.451 e. The van der Waals surface area contributed by atoms with Crippen molar-refractivity contribution in [1.29, 1.82) is 0 Å². The van der Waals surface area contributed by atoms with Gasteiger partial charge in [0, 0.05) is 18.2 Å². The summed E-state index contributed by atoms with van der Waals surface area (Å²) in [5, 5.41) is 0. The van der Waals surface area contributed by atoms with E-state index in [-0.39, 0.29) is 24.2 Å². The molecule has 1 aromatic heterocycles. The number of carbonyl (C=O) groups excluding carboxylic acids is 2. The normalized spacial score (nSPS) is 10.8. The molecule has 0 spiro atoms. The molecule has 0 unspecified atom stereocenters. The van der Waals surface area contributed by atoms with Crippen molar-refractivity contribution in [1.82, 2.24) is 9.88 Å². The van der Waals surface area contributed by atoms with E-state index in [4.69, 9.17) is 9.15 Å². The molecule has 1 heterocycles. The molecular formula is C23H24N2O4. The van der Waals surface area contributed by atoms with Gasteiger partial charge < -0.3 is 14.1 Å². The van der Waals surface area contributed by atoms with Gasteiger partial charge in [0.05, 0.1) is 0 Å². The number of benzene rings is 2. The van der Waals surface area contributed by atoms with Crippen LogP contribution in [0.3, 0.4) is 0 Å². The third-order valence-electron chi connectivity index (χ3n) is 4.48. The first-order valence-corrected chi connectivity index (χ1v) is 9.49. The Labute approximate surface area is 170 Å². The van der Waals surface area contributed by atoms with E-state index in [2.05, 4.69) is 4.98 Å². The van der Waals surface area contributed by atoms with E-state index in [0.717, 1.165) is 11.1 Å². The lowest BCUT2D eigenvalue weighted by Gasteiger charge is -2.26. The van der Waals surface area contributed by atoms with Gasteiger partial charge >= 0.3 is 5.97 Å². The van der Waals surface area contributed by atoms with Gasteiger partial charge in [-0.25, -0.2) is 9.78 Å². The number of amides is 1. The number of aromatic nitrogens is 1. The highest BCUT2D eigenvalue weighted by atomic mass is 16.5. The van der Waals surface area contributed by atoms with Gasteiger partial charge in [-0.1, -0.05) is 48.5 Å². The molecule has 0 atom stereocenters. The van der Waals surface area contributed by atoms with Crippen molar-refractivity contribution in [3.8, 4) is 11.5 Å². The van der Waals surface area contributed by atoms with Gasteiger partial charge in [-0.15, -0.1) is 0 Å². The van der Waals surface area contributed by atoms with Crippen LogP contribution in [0.25, 0.3) is 11.5 Å². The molecule has 150 valence electrons. The molecule has 0 aliphatic heterocycles. The van der Waals surface area contributed by atoms with Gasteiger partial charge in [0.1, 0.15) is 5.76 Å². The van der Waals surface area contributed by atoms with Gasteiger partial charge in [-0.05, 0) is 38.5 Å². The van der Waals surface area contributed by atoms with Crippen molar-refractivity contribution in [2.45, 2.75) is 33.4 Å². The molecular weight excluding hydrogens is 368 g/mol. The number of carbonyl (C=O) groups is 2. The predicted molar refractivity (Wildman–Crippen MR) is 109 cm³/mol. The topological polar surface area (TPSA) is 72.6 Å². The molecule has 29 heavy (non-hydrogen) atoms. The summed E-state index contributed by atoms with van der Waals surface area (Å²) in [5.41, 5.74) is 1.86. The molecule has 0 saturated carbocycles. The predicted octanol–water partition coefficient (Wildman–Crippen LogP) is 4.24. The van der Waals surface area contributed by atoms with Gasteiger partial charge in [-0.3, -0.25) is 4.79 Å². The molecule has 0 radical (unpaired) electrons. The molecule has 3 rings (SSSR count). The highest BCUT2D eigenvalue weighted by Gasteiger charge is 2.23. The molecule has 0 N–H and O–H groups in total. The summed E-state index contributed by atoms with van der Waals surface area (Å²) >= 11 is 0. The van der Waals surface area contributed by atoms with Crippen LogP contribution in [-0.2, 0) is 16.1 Å². The van der Waals surface area contributed by atoms with Crippen molar-refractivity contribution < 1.29 is 18.7 Å². The lowest BCUT2D eigenvalue weighted by Crippen LogP contribution is -2.39. The highest BCUT2D eigenvalue weighted by Crippen LogP contribution is 2.22. The number of rotatable bonds is 7. The third kappa shape index (κ3) is 5.10. The number of nitrogens with zero attached hydrogens (tertiary/aromatic N) is 2. The van der Waals surface area contributed by atoms with Crippen LogP contribution in [-0.4, -0.2) is 34.4 Å². The van der Waals surface area contributed by atoms with Crippen molar-refractivity contribution in [3.05, 3.63) is 77.7 Å². The molecule has 3 aromatic rings. The zero-order valence-corrected chi connectivity index (χ0v) is 16.8. The van der Waals surface area contributed by atoms with E-state index in [1.54, 1.807) is 11.8 Å². The molecule has 6 heteroatoms. The SMILES string of the molecule is Cc1oc(-c2ccccc2)nc1C(=O)OCC(=O)N(Cc1ccccc1)C(C)C. The monoisotopic (exact) mass is 392 g/mol. The molecule has 0 fully saturated rings. The lowest BCUT2D eigenvalue weighted by atomic mass is 10.2. The fourth-order valence-electron chi connectivity index (χ4n) is 2.91. The van der Waals surface area contributed by atoms with Crippen LogP contribution in [0.15, 0.2) is 65.1 Å². The van der Waals surface area contributed by atoms with Crippen LogP contribution in [0.4, 0.5) is 0 Å². The second-order valence-electron chi connectivity index (χ2n) is 6.97. The van der Waals surface area contributed by atoms with E-state index in [9.17, 15) is 9.59 Å². The Morgan fingerprint density at radius 1 is 1.03 bits per heavy atom. The first-order chi connectivity index (χ1) is 14.0. The average molecular weight is 392 g/mol. The Bertz CT molecular complexity index is 965. The molecule has 0 aliphatic rings. The van der Waals surface area contributed by atoms with Crippen LogP contribution >= 0.6 is 0 Å². The summed E-state index contributed by atoms with van der Waals surface area (Å²) in [6.07, 6.45) is 0. The first kappa shape index (κ1) is 20.3. The van der Waals surface area contributed by atoms with Crippen molar-refractivity contribution >= 4 is 11.9 Å². The van der Waals surface area contributed by atoms with Gasteiger partial charge in [0.2, 0.25) is 5.89 Å². The Morgan fingerprint density at radius 3 is 2.28 bits per heavy atom. The van der Waals surface area contributed by atoms with Gasteiger partial charge in [0.15, 0.2) is 12.3 Å². The number of esters is 1. The molecule has 1 amide bonds. The van der Waals surface area contributed by atoms with Crippen LogP contribution in [0.2, 0.25) is 0 Å². The fraction of sp³-hybridized carbons (Fsp3) is 0.261. The Balaban J connectivity index is 1.65. The van der Waals surface area contributed by atoms with E-state index < -0.39 is 5.97 Å². The summed E-state index contributed by atoms with van der Waals surface area (Å²) in [5.74, 6) is -0.243. The maximum atomic E-state index is 12.6. The summed E-state index contributed by atoms with van der Waals surface area (Å²) in [6.45, 7) is 5.60. The number of hydrogen-bond donors (Lipinski definition) is 0. The number of ether oxygens (including phenoxy) is 1. The smallest absolute Gasteiger partial charge is 0.361 e. The fourth-order valence-corrected chi connectivity index (χ4v) is 2.91. The van der Waals surface area contributed by atoms with E-state index in [1.165, 1.54) is 0 Å². The average Bonchev–Trinajstić information content (AvgIpc) is 3.13. The Kier molecular flexibility index (Phi) is 6.44. The van der Waals surface area contributed by atoms with Crippen LogP contribution in [0.5, 0.6) is 0 Å². The second-order valence-corrected chi connectivity index (χ2v) is 6.97. The highest BCUT2D eigenvalue weighted by molar-refractivity contribution is 5.91. The van der Waals surface area contributed by atoms with Crippen molar-refractivity contribution in [3.63, 3.8) is 0 Å². The van der Waals surface area contributed by atoms with E-state index in [0.29, 0.717) is 18.2 Å². The number of aryl methyl sites for hydroxylation is 1. The molecule has 6 nitrogen and oxygen atoms in total. The van der Waals surface area contributed by atoms with Crippen LogP contribution in [0, 0.1) is 6.92 Å². The molecule has 2 aromatic carbocycles. The first-order valence-electron chi connectivity index (χ1n) is 9.49. The van der Waals surface area contributed by atoms with E-state index in [1.807, 2.05) is 74.5 Å². The number of hydrogen-bond acceptors (Lipinski definition) is 5. The Morgan fingerprint density at radius 2 is 1.66 bits per heavy atom. The quantitative estimate of drug-likeness (QED) is 0.562. The zero-order chi connectivity index (χ0) is 20.8. The summed E-state index contributed by atoms with van der Waals surface area (Å²) in [4.78, 5) is 31.0. The molecule has 0 bridgehead atoms. The maximum absolute atomic E-state index is 12.6. The standard InChI is InChI=1S/C23H24N2O4/c1-16(2)25(14-18-10-6-4-7-11-18)20(26)15-28-23(27)21-17(3)29-22(24-21)19-12-8-5-9-13-19/h4-13,16H,14-15H2,1-3H3. The lowest BCUT2D eigenvalue weighted by molar-refractivity contribution is -0.136. The van der Waals surface area contributed by atoms with Crippen LogP contribution < -0.4 is 0 Å². The second kappa shape index (κ2) is 9.19. The van der Waals surface area contributed by atoms with E-state index >= 15 is 0 Å². The Hall–Kier alpha value is -3.41. The molecule has 0 aliphatic carbocycles. The number of oxazole rings is 1.